The minimum Gasteiger partial charge on any atom is -0.294 e. The van der Waals surface area contributed by atoms with Gasteiger partial charge in [0.25, 0.3) is 0 Å². The van der Waals surface area contributed by atoms with Crippen LogP contribution >= 0.6 is 0 Å². The van der Waals surface area contributed by atoms with Crippen LogP contribution in [0.15, 0.2) is 12.2 Å². The highest BCUT2D eigenvalue weighted by molar-refractivity contribution is 5.10. The van der Waals surface area contributed by atoms with E-state index in [1.165, 1.54) is 56.9 Å². The van der Waals surface area contributed by atoms with E-state index in [1.54, 1.807) is 0 Å². The van der Waals surface area contributed by atoms with E-state index in [9.17, 15) is 0 Å². The first kappa shape index (κ1) is 8.96. The maximum Gasteiger partial charge on any atom is 0.0138 e. The van der Waals surface area contributed by atoms with E-state index < -0.39 is 0 Å². The standard InChI is InChI=1S/C13H21N/c1-10-8-12-6-2-4-11-5-3-7-13(9-10)14(11)12/h11-13H,1-9H2/t12-,13-/m0/s1. The fourth-order valence-corrected chi connectivity index (χ4v) is 3.98. The topological polar surface area (TPSA) is 3.24 Å². The van der Waals surface area contributed by atoms with Crippen molar-refractivity contribution in [2.45, 2.75) is 69.5 Å². The van der Waals surface area contributed by atoms with Crippen molar-refractivity contribution in [2.24, 2.45) is 0 Å². The van der Waals surface area contributed by atoms with E-state index in [4.69, 9.17) is 0 Å². The SMILES string of the molecule is C=C1C[C@@H]2CCCC3CCC[C@@H](C1)N32. The molecule has 2 atom stereocenters. The van der Waals surface area contributed by atoms with Crippen LogP contribution in [0.4, 0.5) is 0 Å². The molecule has 3 aliphatic rings. The van der Waals surface area contributed by atoms with Crippen molar-refractivity contribution in [1.29, 1.82) is 0 Å². The first-order chi connectivity index (χ1) is 6.84. The first-order valence-electron chi connectivity index (χ1n) is 6.28. The predicted molar refractivity (Wildman–Crippen MR) is 59.3 cm³/mol. The second-order valence-corrected chi connectivity index (χ2v) is 5.43. The Hall–Kier alpha value is -0.300. The Labute approximate surface area is 87.2 Å². The molecule has 1 nitrogen and oxygen atoms in total. The number of hydrogen-bond donors (Lipinski definition) is 0. The second-order valence-electron chi connectivity index (χ2n) is 5.43. The van der Waals surface area contributed by atoms with Gasteiger partial charge < -0.3 is 0 Å². The summed E-state index contributed by atoms with van der Waals surface area (Å²) in [5, 5.41) is 0. The fourth-order valence-electron chi connectivity index (χ4n) is 3.98. The van der Waals surface area contributed by atoms with Crippen molar-refractivity contribution < 1.29 is 0 Å². The summed E-state index contributed by atoms with van der Waals surface area (Å²) in [5.41, 5.74) is 1.53. The van der Waals surface area contributed by atoms with Gasteiger partial charge >= 0.3 is 0 Å². The van der Waals surface area contributed by atoms with Gasteiger partial charge in [-0.2, -0.15) is 0 Å². The lowest BCUT2D eigenvalue weighted by Crippen LogP contribution is -2.56. The highest BCUT2D eigenvalue weighted by Gasteiger charge is 2.40. The molecule has 0 aromatic rings. The Balaban J connectivity index is 1.85. The van der Waals surface area contributed by atoms with Crippen molar-refractivity contribution in [3.05, 3.63) is 12.2 Å². The maximum absolute atomic E-state index is 4.23. The number of nitrogens with zero attached hydrogens (tertiary/aromatic N) is 1. The quantitative estimate of drug-likeness (QED) is 0.532. The largest absolute Gasteiger partial charge is 0.294 e. The monoisotopic (exact) mass is 191 g/mol. The van der Waals surface area contributed by atoms with Gasteiger partial charge in [0.1, 0.15) is 0 Å². The van der Waals surface area contributed by atoms with Gasteiger partial charge in [0, 0.05) is 18.1 Å². The molecule has 0 N–H and O–H groups in total. The van der Waals surface area contributed by atoms with Gasteiger partial charge in [0.15, 0.2) is 0 Å². The second kappa shape index (κ2) is 3.37. The molecule has 0 saturated carbocycles. The fraction of sp³-hybridized carbons (Fsp3) is 0.846. The molecule has 0 amide bonds. The molecule has 0 bridgehead atoms. The number of piperidine rings is 3. The third kappa shape index (κ3) is 1.33. The number of hydrogen-bond acceptors (Lipinski definition) is 1. The van der Waals surface area contributed by atoms with Crippen molar-refractivity contribution in [2.75, 3.05) is 0 Å². The molecule has 14 heavy (non-hydrogen) atoms. The molecule has 3 heterocycles. The highest BCUT2D eigenvalue weighted by Crippen LogP contribution is 2.41. The average Bonchev–Trinajstić information content (AvgIpc) is 2.18. The van der Waals surface area contributed by atoms with Gasteiger partial charge in [0.2, 0.25) is 0 Å². The lowest BCUT2D eigenvalue weighted by atomic mass is 9.77. The normalized spacial score (nSPS) is 43.4. The van der Waals surface area contributed by atoms with Crippen molar-refractivity contribution in [3.63, 3.8) is 0 Å². The zero-order valence-corrected chi connectivity index (χ0v) is 9.04. The van der Waals surface area contributed by atoms with Crippen LogP contribution in [0.2, 0.25) is 0 Å². The van der Waals surface area contributed by atoms with Crippen LogP contribution in [0, 0.1) is 0 Å². The Morgan fingerprint density at radius 3 is 1.93 bits per heavy atom. The molecule has 0 aromatic heterocycles. The summed E-state index contributed by atoms with van der Waals surface area (Å²) >= 11 is 0. The van der Waals surface area contributed by atoms with Crippen LogP contribution < -0.4 is 0 Å². The molecule has 78 valence electrons. The van der Waals surface area contributed by atoms with Gasteiger partial charge in [0.05, 0.1) is 0 Å². The maximum atomic E-state index is 4.23. The molecular weight excluding hydrogens is 170 g/mol. The minimum absolute atomic E-state index is 0.875. The van der Waals surface area contributed by atoms with Crippen molar-refractivity contribution in [3.8, 4) is 0 Å². The Kier molecular flexibility index (Phi) is 2.16. The average molecular weight is 191 g/mol. The van der Waals surface area contributed by atoms with Gasteiger partial charge in [-0.25, -0.2) is 0 Å². The molecule has 0 unspecified atom stereocenters. The van der Waals surface area contributed by atoms with Crippen LogP contribution in [-0.2, 0) is 0 Å². The molecule has 3 rings (SSSR count). The Morgan fingerprint density at radius 1 is 0.857 bits per heavy atom. The van der Waals surface area contributed by atoms with Gasteiger partial charge in [-0.15, -0.1) is 0 Å². The summed E-state index contributed by atoms with van der Waals surface area (Å²) < 4.78 is 0. The summed E-state index contributed by atoms with van der Waals surface area (Å²) in [6.07, 6.45) is 11.3. The van der Waals surface area contributed by atoms with E-state index >= 15 is 0 Å². The predicted octanol–water partition coefficient (Wildman–Crippen LogP) is 3.11. The molecule has 3 saturated heterocycles. The Morgan fingerprint density at radius 2 is 1.36 bits per heavy atom. The molecule has 3 fully saturated rings. The van der Waals surface area contributed by atoms with Gasteiger partial charge in [-0.1, -0.05) is 25.0 Å². The van der Waals surface area contributed by atoms with Crippen molar-refractivity contribution >= 4 is 0 Å². The van der Waals surface area contributed by atoms with Gasteiger partial charge in [-0.05, 0) is 38.5 Å². The summed E-state index contributed by atoms with van der Waals surface area (Å²) in [7, 11) is 0. The summed E-state index contributed by atoms with van der Waals surface area (Å²) in [6, 6.07) is 2.70. The first-order valence-corrected chi connectivity index (χ1v) is 6.28. The van der Waals surface area contributed by atoms with E-state index in [2.05, 4.69) is 11.5 Å². The lowest BCUT2D eigenvalue weighted by Gasteiger charge is -2.53. The lowest BCUT2D eigenvalue weighted by molar-refractivity contribution is -0.0105. The van der Waals surface area contributed by atoms with Crippen molar-refractivity contribution in [1.82, 2.24) is 4.90 Å². The molecule has 3 aliphatic heterocycles. The third-order valence-electron chi connectivity index (χ3n) is 4.46. The van der Waals surface area contributed by atoms with Crippen LogP contribution in [-0.4, -0.2) is 23.0 Å². The Bertz CT molecular complexity index is 224. The molecule has 0 aliphatic carbocycles. The number of rotatable bonds is 0. The van der Waals surface area contributed by atoms with Crippen LogP contribution in [0.3, 0.4) is 0 Å². The van der Waals surface area contributed by atoms with E-state index in [-0.39, 0.29) is 0 Å². The van der Waals surface area contributed by atoms with Crippen LogP contribution in [0.1, 0.15) is 51.4 Å². The van der Waals surface area contributed by atoms with Gasteiger partial charge in [-0.3, -0.25) is 4.90 Å². The van der Waals surface area contributed by atoms with E-state index in [0.29, 0.717) is 0 Å². The van der Waals surface area contributed by atoms with E-state index in [1.807, 2.05) is 0 Å². The highest BCUT2D eigenvalue weighted by atomic mass is 15.2. The smallest absolute Gasteiger partial charge is 0.0138 e. The zero-order valence-electron chi connectivity index (χ0n) is 9.04. The summed E-state index contributed by atoms with van der Waals surface area (Å²) in [5.74, 6) is 0. The molecular formula is C13H21N. The zero-order chi connectivity index (χ0) is 9.54. The molecule has 1 heteroatoms. The molecule has 0 radical (unpaired) electrons. The molecule has 0 aromatic carbocycles. The van der Waals surface area contributed by atoms with Crippen LogP contribution in [0.25, 0.3) is 0 Å². The van der Waals surface area contributed by atoms with Crippen LogP contribution in [0.5, 0.6) is 0 Å². The summed E-state index contributed by atoms with van der Waals surface area (Å²) in [6.45, 7) is 4.23. The third-order valence-corrected chi connectivity index (χ3v) is 4.46. The van der Waals surface area contributed by atoms with E-state index in [0.717, 1.165) is 18.1 Å². The molecule has 0 spiro atoms. The summed E-state index contributed by atoms with van der Waals surface area (Å²) in [4.78, 5) is 2.88. The minimum atomic E-state index is 0.875.